The Hall–Kier alpha value is -4.63. The lowest BCUT2D eigenvalue weighted by Gasteiger charge is -2.30. The van der Waals surface area contributed by atoms with Gasteiger partial charge in [0.1, 0.15) is 12.4 Å². The van der Waals surface area contributed by atoms with Gasteiger partial charge in [-0.1, -0.05) is 0 Å². The Bertz CT molecular complexity index is 1920. The van der Waals surface area contributed by atoms with Crippen LogP contribution in [0, 0.1) is 18.8 Å². The Labute approximate surface area is 296 Å². The first-order valence-corrected chi connectivity index (χ1v) is 17.4. The van der Waals surface area contributed by atoms with E-state index in [1.165, 1.54) is 17.3 Å². The number of amides is 1. The van der Waals surface area contributed by atoms with E-state index in [2.05, 4.69) is 14.9 Å². The van der Waals surface area contributed by atoms with E-state index in [4.69, 9.17) is 14.8 Å². The van der Waals surface area contributed by atoms with Crippen LogP contribution in [-0.2, 0) is 35.7 Å². The third-order valence-electron chi connectivity index (χ3n) is 9.55. The number of hydrogen-bond donors (Lipinski definition) is 0. The molecule has 10 nitrogen and oxygen atoms in total. The van der Waals surface area contributed by atoms with Gasteiger partial charge in [-0.25, -0.2) is 24.4 Å². The van der Waals surface area contributed by atoms with E-state index in [1.807, 2.05) is 38.4 Å². The maximum atomic E-state index is 13.9. The summed E-state index contributed by atoms with van der Waals surface area (Å²) >= 11 is 0. The van der Waals surface area contributed by atoms with Crippen LogP contribution in [0.2, 0.25) is 0 Å². The predicted molar refractivity (Wildman–Crippen MR) is 182 cm³/mol. The van der Waals surface area contributed by atoms with E-state index < -0.39 is 29.6 Å². The third-order valence-corrected chi connectivity index (χ3v) is 9.55. The van der Waals surface area contributed by atoms with Gasteiger partial charge in [0.05, 0.1) is 47.0 Å². The molecule has 0 N–H and O–H groups in total. The number of halogens is 6. The first-order valence-electron chi connectivity index (χ1n) is 17.4. The first-order chi connectivity index (χ1) is 24.4. The average Bonchev–Trinajstić information content (AvgIpc) is 4.00. The number of nitrogens with zero attached hydrogens (tertiary/aromatic N) is 8. The van der Waals surface area contributed by atoms with Crippen molar-refractivity contribution in [1.29, 1.82) is 0 Å². The summed E-state index contributed by atoms with van der Waals surface area (Å²) in [6, 6.07) is 3.55. The summed E-state index contributed by atoms with van der Waals surface area (Å²) in [7, 11) is 0. The number of fused-ring (bicyclic) bond motifs is 1. The van der Waals surface area contributed by atoms with E-state index in [1.54, 1.807) is 4.90 Å². The van der Waals surface area contributed by atoms with E-state index >= 15 is 0 Å². The fraction of sp³-hybridized carbons (Fsp3) is 0.528. The molecule has 278 valence electrons. The average molecular weight is 731 g/mol. The molecule has 0 radical (unpaired) electrons. The minimum atomic E-state index is -5.01. The van der Waals surface area contributed by atoms with Crippen LogP contribution in [0.1, 0.15) is 74.4 Å². The van der Waals surface area contributed by atoms with Crippen LogP contribution in [0.5, 0.6) is 0 Å². The first kappa shape index (κ1) is 35.8. The van der Waals surface area contributed by atoms with Gasteiger partial charge in [-0.2, -0.15) is 31.4 Å². The molecule has 0 spiro atoms. The Morgan fingerprint density at radius 2 is 1.44 bits per heavy atom. The highest BCUT2D eigenvalue weighted by Crippen LogP contribution is 2.40. The second-order valence-corrected chi connectivity index (χ2v) is 15.1. The highest BCUT2D eigenvalue weighted by atomic mass is 19.4. The molecule has 2 aliphatic carbocycles. The summed E-state index contributed by atoms with van der Waals surface area (Å²) < 4.78 is 90.5. The molecule has 1 aromatic carbocycles. The minimum Gasteiger partial charge on any atom is -0.447 e. The third kappa shape index (κ3) is 7.75. The van der Waals surface area contributed by atoms with Gasteiger partial charge in [-0.05, 0) is 95.0 Å². The molecule has 3 aromatic heterocycles. The molecule has 0 bridgehead atoms. The number of aromatic nitrogens is 5. The summed E-state index contributed by atoms with van der Waals surface area (Å²) in [6.45, 7) is 9.64. The van der Waals surface area contributed by atoms with E-state index in [9.17, 15) is 31.1 Å². The fourth-order valence-electron chi connectivity index (χ4n) is 6.52. The molecule has 1 aliphatic heterocycles. The fourth-order valence-corrected chi connectivity index (χ4v) is 6.52. The number of carbonyl (C=O) groups is 1. The van der Waals surface area contributed by atoms with E-state index in [-0.39, 0.29) is 49.4 Å². The lowest BCUT2D eigenvalue weighted by Crippen LogP contribution is -2.32. The summed E-state index contributed by atoms with van der Waals surface area (Å²) in [4.78, 5) is 31.6. The number of anilines is 3. The highest BCUT2D eigenvalue weighted by Gasteiger charge is 2.38. The van der Waals surface area contributed by atoms with Crippen molar-refractivity contribution in [2.45, 2.75) is 84.4 Å². The molecule has 7 rings (SSSR count). The number of alkyl halides is 6. The number of carbonyl (C=O) groups excluding carboxylic acids is 1. The summed E-state index contributed by atoms with van der Waals surface area (Å²) in [5.74, 6) is 1.76. The van der Waals surface area contributed by atoms with Crippen molar-refractivity contribution < 1.29 is 35.9 Å². The molecular formula is C36H40F6N8O2. The summed E-state index contributed by atoms with van der Waals surface area (Å²) in [5.41, 5.74) is -0.943. The van der Waals surface area contributed by atoms with E-state index in [0.717, 1.165) is 62.0 Å². The molecule has 3 aliphatic rings. The van der Waals surface area contributed by atoms with E-state index in [0.29, 0.717) is 34.6 Å². The number of hydrogen-bond acceptors (Lipinski definition) is 8. The Balaban J connectivity index is 1.35. The summed E-state index contributed by atoms with van der Waals surface area (Å²) in [5, 5.41) is 5.60. The number of cyclic esters (lactones) is 1. The molecule has 1 saturated heterocycles. The van der Waals surface area contributed by atoms with Gasteiger partial charge in [0.2, 0.25) is 5.95 Å². The normalized spacial score (nSPS) is 16.9. The molecule has 1 amide bonds. The van der Waals surface area contributed by atoms with Crippen molar-refractivity contribution in [2.75, 3.05) is 40.9 Å². The molecule has 4 heterocycles. The van der Waals surface area contributed by atoms with Crippen LogP contribution in [0.25, 0.3) is 11.0 Å². The molecule has 0 atom stereocenters. The zero-order chi connectivity index (χ0) is 37.2. The largest absolute Gasteiger partial charge is 0.447 e. The van der Waals surface area contributed by atoms with Crippen molar-refractivity contribution in [3.63, 3.8) is 0 Å². The van der Waals surface area contributed by atoms with Crippen LogP contribution in [0.3, 0.4) is 0 Å². The van der Waals surface area contributed by atoms with Crippen LogP contribution >= 0.6 is 0 Å². The van der Waals surface area contributed by atoms with Gasteiger partial charge in [-0.15, -0.1) is 0 Å². The van der Waals surface area contributed by atoms with Crippen LogP contribution in [-0.4, -0.2) is 57.1 Å². The quantitative estimate of drug-likeness (QED) is 0.143. The monoisotopic (exact) mass is 730 g/mol. The van der Waals surface area contributed by atoms with Crippen LogP contribution in [0.4, 0.5) is 48.6 Å². The van der Waals surface area contributed by atoms with Crippen molar-refractivity contribution in [1.82, 2.24) is 24.7 Å². The molecule has 4 aromatic rings. The predicted octanol–water partition coefficient (Wildman–Crippen LogP) is 8.11. The summed E-state index contributed by atoms with van der Waals surface area (Å²) in [6.07, 6.45) is -3.40. The van der Waals surface area contributed by atoms with Gasteiger partial charge in [0, 0.05) is 37.1 Å². The molecule has 2 saturated carbocycles. The number of pyridine rings is 1. The highest BCUT2D eigenvalue weighted by molar-refractivity contribution is 5.89. The molecule has 16 heteroatoms. The number of ether oxygens (including phenoxy) is 1. The standard InChI is InChI=1S/C36H40F6N8O2/c1-21-29-13-25(30(45-31(29)50(46-21)34(2,3)4)47(17-22-5-6-22)18-23-7-8-23)20-48(32-43-15-28(16-44-32)49-9-10-52-33(49)51)19-24-11-26(35(37,38)39)14-27(12-24)36(40,41)42/h11-16,22-23H,5-10,17-20H2,1-4H3. The van der Waals surface area contributed by atoms with Crippen LogP contribution in [0.15, 0.2) is 36.7 Å². The number of aryl methyl sites for hydroxylation is 1. The lowest BCUT2D eigenvalue weighted by molar-refractivity contribution is -0.143. The topological polar surface area (TPSA) is 92.5 Å². The van der Waals surface area contributed by atoms with Crippen molar-refractivity contribution in [3.05, 3.63) is 64.6 Å². The van der Waals surface area contributed by atoms with Gasteiger partial charge >= 0.3 is 18.4 Å². The Kier molecular flexibility index (Phi) is 9.01. The number of rotatable bonds is 11. The maximum Gasteiger partial charge on any atom is 0.416 e. The van der Waals surface area contributed by atoms with Gasteiger partial charge in [0.25, 0.3) is 0 Å². The van der Waals surface area contributed by atoms with Gasteiger partial charge in [-0.3, -0.25) is 4.90 Å². The zero-order valence-corrected chi connectivity index (χ0v) is 29.4. The minimum absolute atomic E-state index is 0.00689. The SMILES string of the molecule is Cc1nn(C(C)(C)C)c2nc(N(CC3CC3)CC3CC3)c(CN(Cc3cc(C(F)(F)F)cc(C(F)(F)F)c3)c3ncc(N4CCOC4=O)cn3)cc12. The molecular weight excluding hydrogens is 690 g/mol. The smallest absolute Gasteiger partial charge is 0.416 e. The van der Waals surface area contributed by atoms with Gasteiger partial charge in [0.15, 0.2) is 5.65 Å². The van der Waals surface area contributed by atoms with Gasteiger partial charge < -0.3 is 14.5 Å². The number of benzene rings is 1. The Morgan fingerprint density at radius 3 is 1.94 bits per heavy atom. The Morgan fingerprint density at radius 1 is 0.846 bits per heavy atom. The van der Waals surface area contributed by atoms with Crippen molar-refractivity contribution in [3.8, 4) is 0 Å². The maximum absolute atomic E-state index is 13.9. The second kappa shape index (κ2) is 13.1. The van der Waals surface area contributed by atoms with Crippen molar-refractivity contribution >= 4 is 34.6 Å². The second-order valence-electron chi connectivity index (χ2n) is 15.1. The molecule has 0 unspecified atom stereocenters. The molecule has 52 heavy (non-hydrogen) atoms. The van der Waals surface area contributed by atoms with Crippen LogP contribution < -0.4 is 14.7 Å². The lowest BCUT2D eigenvalue weighted by atomic mass is 10.0. The zero-order valence-electron chi connectivity index (χ0n) is 29.4. The van der Waals surface area contributed by atoms with Crippen molar-refractivity contribution in [2.24, 2.45) is 11.8 Å². The molecule has 3 fully saturated rings.